The van der Waals surface area contributed by atoms with E-state index in [0.717, 1.165) is 22.6 Å². The molecule has 0 aliphatic rings. The minimum absolute atomic E-state index is 0.0430. The maximum absolute atomic E-state index is 12.4. The third-order valence-electron chi connectivity index (χ3n) is 4.89. The van der Waals surface area contributed by atoms with Gasteiger partial charge in [0.25, 0.3) is 5.91 Å². The van der Waals surface area contributed by atoms with Gasteiger partial charge in [-0.15, -0.1) is 0 Å². The van der Waals surface area contributed by atoms with E-state index in [1.807, 2.05) is 69.3 Å². The van der Waals surface area contributed by atoms with Crippen LogP contribution in [-0.2, 0) is 0 Å². The lowest BCUT2D eigenvalue weighted by atomic mass is 10.1. The molecule has 0 saturated heterocycles. The van der Waals surface area contributed by atoms with Gasteiger partial charge in [0.05, 0.1) is 24.1 Å². The lowest BCUT2D eigenvalue weighted by molar-refractivity contribution is 0.102. The predicted octanol–water partition coefficient (Wildman–Crippen LogP) is 4.70. The zero-order valence-corrected chi connectivity index (χ0v) is 17.7. The van der Waals surface area contributed by atoms with Crippen LogP contribution >= 0.6 is 0 Å². The lowest BCUT2D eigenvalue weighted by Crippen LogP contribution is -2.13. The largest absolute Gasteiger partial charge is 0.362 e. The first kappa shape index (κ1) is 20.3. The number of carbonyl (C=O) groups is 1. The van der Waals surface area contributed by atoms with E-state index in [4.69, 9.17) is 0 Å². The van der Waals surface area contributed by atoms with E-state index in [1.54, 1.807) is 29.2 Å². The molecule has 7 heteroatoms. The number of amides is 1. The number of anilines is 2. The second-order valence-corrected chi connectivity index (χ2v) is 7.41. The highest BCUT2D eigenvalue weighted by atomic mass is 16.1. The summed E-state index contributed by atoms with van der Waals surface area (Å²) in [7, 11) is 0. The Bertz CT molecular complexity index is 1200. The highest BCUT2D eigenvalue weighted by Gasteiger charge is 2.11. The van der Waals surface area contributed by atoms with Crippen LogP contribution in [-0.4, -0.2) is 25.7 Å². The number of aromatic nitrogens is 4. The van der Waals surface area contributed by atoms with Crippen molar-refractivity contribution in [3.8, 4) is 5.82 Å². The molecular weight excluding hydrogens is 388 g/mol. The van der Waals surface area contributed by atoms with Crippen LogP contribution in [0.25, 0.3) is 5.82 Å². The van der Waals surface area contributed by atoms with E-state index in [0.29, 0.717) is 17.2 Å². The average Bonchev–Trinajstić information content (AvgIpc) is 3.12. The van der Waals surface area contributed by atoms with Gasteiger partial charge < -0.3 is 10.6 Å². The lowest BCUT2D eigenvalue weighted by Gasteiger charge is -2.16. The molecule has 0 fully saturated rings. The van der Waals surface area contributed by atoms with Gasteiger partial charge in [0, 0.05) is 16.9 Å². The number of hydrogen-bond acceptors (Lipinski definition) is 5. The summed E-state index contributed by atoms with van der Waals surface area (Å²) in [6, 6.07) is 18.9. The summed E-state index contributed by atoms with van der Waals surface area (Å²) in [5, 5.41) is 10.8. The van der Waals surface area contributed by atoms with E-state index in [1.165, 1.54) is 0 Å². The molecule has 0 aliphatic heterocycles. The van der Waals surface area contributed by atoms with Crippen molar-refractivity contribution in [2.75, 3.05) is 10.6 Å². The highest BCUT2D eigenvalue weighted by molar-refractivity contribution is 6.04. The smallest absolute Gasteiger partial charge is 0.255 e. The number of nitrogens with one attached hydrogen (secondary N) is 2. The molecule has 4 rings (SSSR count). The standard InChI is InChI=1S/C24H24N6O/c1-16-12-17(2)30(29-16)23-15-25-14-22(28-23)26-18(3)20-10-7-11-21(13-20)27-24(31)19-8-5-4-6-9-19/h4-15,18H,1-3H3,(H,26,28)(H,27,31). The molecule has 0 aliphatic carbocycles. The molecule has 2 aromatic heterocycles. The zero-order chi connectivity index (χ0) is 21.8. The van der Waals surface area contributed by atoms with Crippen LogP contribution in [0.15, 0.2) is 73.1 Å². The van der Waals surface area contributed by atoms with Gasteiger partial charge in [0.15, 0.2) is 5.82 Å². The second kappa shape index (κ2) is 8.79. The van der Waals surface area contributed by atoms with Crippen LogP contribution in [0.5, 0.6) is 0 Å². The maximum Gasteiger partial charge on any atom is 0.255 e. The van der Waals surface area contributed by atoms with E-state index < -0.39 is 0 Å². The summed E-state index contributed by atoms with van der Waals surface area (Å²) < 4.78 is 1.78. The number of aryl methyl sites for hydroxylation is 2. The SMILES string of the molecule is Cc1cc(C)n(-c2cncc(NC(C)c3cccc(NC(=O)c4ccccc4)c3)n2)n1. The van der Waals surface area contributed by atoms with Crippen LogP contribution in [0.3, 0.4) is 0 Å². The number of benzene rings is 2. The Balaban J connectivity index is 1.48. The summed E-state index contributed by atoms with van der Waals surface area (Å²) in [5.74, 6) is 1.17. The summed E-state index contributed by atoms with van der Waals surface area (Å²) >= 11 is 0. The second-order valence-electron chi connectivity index (χ2n) is 7.41. The molecule has 2 N–H and O–H groups in total. The molecule has 1 amide bonds. The molecule has 2 heterocycles. The topological polar surface area (TPSA) is 84.7 Å². The molecule has 1 unspecified atom stereocenters. The van der Waals surface area contributed by atoms with Gasteiger partial charge in [0.1, 0.15) is 5.82 Å². The number of hydrogen-bond donors (Lipinski definition) is 2. The normalized spacial score (nSPS) is 11.7. The van der Waals surface area contributed by atoms with Crippen molar-refractivity contribution in [3.63, 3.8) is 0 Å². The Morgan fingerprint density at radius 3 is 2.55 bits per heavy atom. The molecule has 156 valence electrons. The Labute approximate surface area is 181 Å². The average molecular weight is 412 g/mol. The minimum atomic E-state index is -0.137. The zero-order valence-electron chi connectivity index (χ0n) is 17.7. The van der Waals surface area contributed by atoms with Crippen molar-refractivity contribution in [3.05, 3.63) is 95.6 Å². The van der Waals surface area contributed by atoms with E-state index >= 15 is 0 Å². The van der Waals surface area contributed by atoms with Gasteiger partial charge in [-0.3, -0.25) is 9.78 Å². The predicted molar refractivity (Wildman–Crippen MR) is 122 cm³/mol. The van der Waals surface area contributed by atoms with Crippen LogP contribution in [0, 0.1) is 13.8 Å². The summed E-state index contributed by atoms with van der Waals surface area (Å²) in [6.07, 6.45) is 3.38. The fourth-order valence-corrected chi connectivity index (χ4v) is 3.37. The van der Waals surface area contributed by atoms with E-state index in [2.05, 4.69) is 25.7 Å². The van der Waals surface area contributed by atoms with Gasteiger partial charge in [-0.05, 0) is 56.7 Å². The van der Waals surface area contributed by atoms with Crippen molar-refractivity contribution in [2.45, 2.75) is 26.8 Å². The van der Waals surface area contributed by atoms with Gasteiger partial charge in [-0.25, -0.2) is 9.67 Å². The molecule has 1 atom stereocenters. The van der Waals surface area contributed by atoms with Crippen LogP contribution in [0.2, 0.25) is 0 Å². The van der Waals surface area contributed by atoms with Crippen LogP contribution in [0.4, 0.5) is 11.5 Å². The van der Waals surface area contributed by atoms with Crippen molar-refractivity contribution < 1.29 is 4.79 Å². The molecular formula is C24H24N6O. The molecule has 0 saturated carbocycles. The van der Waals surface area contributed by atoms with E-state index in [-0.39, 0.29) is 11.9 Å². The number of nitrogens with zero attached hydrogens (tertiary/aromatic N) is 4. The summed E-state index contributed by atoms with van der Waals surface area (Å²) in [4.78, 5) is 21.4. The third-order valence-corrected chi connectivity index (χ3v) is 4.89. The highest BCUT2D eigenvalue weighted by Crippen LogP contribution is 2.22. The first-order valence-corrected chi connectivity index (χ1v) is 10.1. The summed E-state index contributed by atoms with van der Waals surface area (Å²) in [5.41, 5.74) is 4.31. The van der Waals surface area contributed by atoms with Crippen LogP contribution in [0.1, 0.15) is 40.3 Å². The van der Waals surface area contributed by atoms with Crippen molar-refractivity contribution in [1.82, 2.24) is 19.7 Å². The Morgan fingerprint density at radius 1 is 1.00 bits per heavy atom. The Kier molecular flexibility index (Phi) is 5.75. The monoisotopic (exact) mass is 412 g/mol. The summed E-state index contributed by atoms with van der Waals surface area (Å²) in [6.45, 7) is 5.97. The molecule has 0 spiro atoms. The molecule has 2 aromatic carbocycles. The molecule has 0 bridgehead atoms. The van der Waals surface area contributed by atoms with Crippen molar-refractivity contribution in [2.24, 2.45) is 0 Å². The maximum atomic E-state index is 12.4. The number of carbonyl (C=O) groups excluding carboxylic acids is 1. The van der Waals surface area contributed by atoms with Crippen LogP contribution < -0.4 is 10.6 Å². The first-order chi connectivity index (χ1) is 15.0. The van der Waals surface area contributed by atoms with Gasteiger partial charge in [0.2, 0.25) is 0 Å². The Hall–Kier alpha value is -4.00. The van der Waals surface area contributed by atoms with Gasteiger partial charge in [-0.1, -0.05) is 30.3 Å². The van der Waals surface area contributed by atoms with Gasteiger partial charge in [-0.2, -0.15) is 5.10 Å². The molecule has 31 heavy (non-hydrogen) atoms. The fourth-order valence-electron chi connectivity index (χ4n) is 3.37. The fraction of sp³-hybridized carbons (Fsp3) is 0.167. The Morgan fingerprint density at radius 2 is 1.81 bits per heavy atom. The minimum Gasteiger partial charge on any atom is -0.362 e. The quantitative estimate of drug-likeness (QED) is 0.479. The van der Waals surface area contributed by atoms with Crippen molar-refractivity contribution in [1.29, 1.82) is 0 Å². The van der Waals surface area contributed by atoms with Crippen molar-refractivity contribution >= 4 is 17.4 Å². The third kappa shape index (κ3) is 4.78. The van der Waals surface area contributed by atoms with Gasteiger partial charge >= 0.3 is 0 Å². The molecule has 7 nitrogen and oxygen atoms in total. The molecule has 4 aromatic rings. The first-order valence-electron chi connectivity index (χ1n) is 10.1. The molecule has 0 radical (unpaired) electrons. The van der Waals surface area contributed by atoms with E-state index in [9.17, 15) is 4.79 Å². The number of rotatable bonds is 6.